The Morgan fingerprint density at radius 2 is 1.86 bits per heavy atom. The molecule has 0 unspecified atom stereocenters. The molecular formula is C35H33F4N7O4. The number of aromatic nitrogens is 5. The molecule has 6 rings (SSSR count). The first kappa shape index (κ1) is 34.1. The van der Waals surface area contributed by atoms with Crippen LogP contribution in [0.3, 0.4) is 0 Å². The first-order valence-corrected chi connectivity index (χ1v) is 15.7. The SMILES string of the molecule is COC(=O)Nc1ccc2c(c1)NC(=O)C(C)(C)CCC[C@H](c1ccc(-c3cc(F)ccc3-c3cnn(C(F)(F)F)c3)c[n+]1[O-])c1nc-2c(C)[nH]1. The quantitative estimate of drug-likeness (QED) is 0.101. The minimum atomic E-state index is -4.73. The lowest BCUT2D eigenvalue weighted by Gasteiger charge is -2.26. The summed E-state index contributed by atoms with van der Waals surface area (Å²) in [5.41, 5.74) is 2.97. The Kier molecular flexibility index (Phi) is 8.84. The number of pyridine rings is 1. The fourth-order valence-electron chi connectivity index (χ4n) is 6.12. The normalized spacial score (nSPS) is 16.1. The second kappa shape index (κ2) is 12.9. The number of hydrogen-bond donors (Lipinski definition) is 3. The molecule has 2 aromatic carbocycles. The topological polar surface area (TPSA) is 141 Å². The molecule has 4 heterocycles. The first-order chi connectivity index (χ1) is 23.6. The third kappa shape index (κ3) is 6.75. The van der Waals surface area contributed by atoms with Crippen LogP contribution in [-0.2, 0) is 15.8 Å². The number of imidazole rings is 1. The highest BCUT2D eigenvalue weighted by Crippen LogP contribution is 2.39. The van der Waals surface area contributed by atoms with E-state index in [0.29, 0.717) is 63.8 Å². The Morgan fingerprint density at radius 3 is 2.56 bits per heavy atom. The second-order valence-electron chi connectivity index (χ2n) is 12.8. The Bertz CT molecular complexity index is 2100. The maximum absolute atomic E-state index is 14.5. The number of amides is 2. The highest BCUT2D eigenvalue weighted by Gasteiger charge is 2.34. The van der Waals surface area contributed by atoms with E-state index >= 15 is 0 Å². The van der Waals surface area contributed by atoms with E-state index in [-0.39, 0.29) is 32.8 Å². The number of aromatic amines is 1. The molecule has 50 heavy (non-hydrogen) atoms. The summed E-state index contributed by atoms with van der Waals surface area (Å²) in [6.45, 7) is 5.47. The molecular weight excluding hydrogens is 658 g/mol. The van der Waals surface area contributed by atoms with Crippen molar-refractivity contribution >= 4 is 23.4 Å². The van der Waals surface area contributed by atoms with Gasteiger partial charge < -0.3 is 20.2 Å². The lowest BCUT2D eigenvalue weighted by atomic mass is 9.83. The van der Waals surface area contributed by atoms with Crippen LogP contribution < -0.4 is 15.4 Å². The van der Waals surface area contributed by atoms with Crippen LogP contribution in [0, 0.1) is 23.4 Å². The summed E-state index contributed by atoms with van der Waals surface area (Å²) in [5.74, 6) is -0.915. The van der Waals surface area contributed by atoms with E-state index in [1.54, 1.807) is 30.3 Å². The van der Waals surface area contributed by atoms with Gasteiger partial charge in [-0.05, 0) is 67.3 Å². The number of halogens is 4. The van der Waals surface area contributed by atoms with Gasteiger partial charge in [0.05, 0.1) is 24.7 Å². The molecule has 0 fully saturated rings. The molecule has 3 N–H and O–H groups in total. The maximum Gasteiger partial charge on any atom is 0.504 e. The number of nitrogens with zero attached hydrogens (tertiary/aromatic N) is 4. The molecule has 1 aliphatic heterocycles. The van der Waals surface area contributed by atoms with Crippen LogP contribution in [0.1, 0.15) is 56.2 Å². The van der Waals surface area contributed by atoms with Gasteiger partial charge in [0.15, 0.2) is 6.20 Å². The van der Waals surface area contributed by atoms with Crippen molar-refractivity contribution in [3.8, 4) is 33.5 Å². The number of hydrogen-bond acceptors (Lipinski definition) is 6. The largest absolute Gasteiger partial charge is 0.618 e. The highest BCUT2D eigenvalue weighted by atomic mass is 19.4. The van der Waals surface area contributed by atoms with Crippen molar-refractivity contribution in [3.05, 3.63) is 95.4 Å². The molecule has 2 amide bonds. The van der Waals surface area contributed by atoms with Gasteiger partial charge in [-0.3, -0.25) is 10.1 Å². The summed E-state index contributed by atoms with van der Waals surface area (Å²) in [6.07, 6.45) is -0.868. The third-order valence-corrected chi connectivity index (χ3v) is 8.84. The van der Waals surface area contributed by atoms with E-state index in [1.165, 1.54) is 19.4 Å². The van der Waals surface area contributed by atoms with Crippen molar-refractivity contribution in [1.29, 1.82) is 0 Å². The predicted molar refractivity (Wildman–Crippen MR) is 176 cm³/mol. The molecule has 0 radical (unpaired) electrons. The molecule has 0 aliphatic carbocycles. The summed E-state index contributed by atoms with van der Waals surface area (Å²) in [7, 11) is 1.24. The summed E-state index contributed by atoms with van der Waals surface area (Å²) in [6, 6.07) is 11.8. The minimum Gasteiger partial charge on any atom is -0.618 e. The average molecular weight is 692 g/mol. The number of benzene rings is 2. The van der Waals surface area contributed by atoms with Crippen LogP contribution in [0.15, 0.2) is 67.1 Å². The second-order valence-corrected chi connectivity index (χ2v) is 12.8. The molecule has 1 atom stereocenters. The van der Waals surface area contributed by atoms with Gasteiger partial charge in [0.1, 0.15) is 17.6 Å². The van der Waals surface area contributed by atoms with Gasteiger partial charge in [-0.15, -0.1) is 13.2 Å². The number of alkyl halides is 3. The van der Waals surface area contributed by atoms with E-state index in [4.69, 9.17) is 9.72 Å². The van der Waals surface area contributed by atoms with E-state index < -0.39 is 29.5 Å². The summed E-state index contributed by atoms with van der Waals surface area (Å²) >= 11 is 0. The van der Waals surface area contributed by atoms with Crippen LogP contribution in [0.5, 0.6) is 0 Å². The van der Waals surface area contributed by atoms with Crippen molar-refractivity contribution in [2.75, 3.05) is 17.7 Å². The minimum absolute atomic E-state index is 0.0943. The number of nitrogens with one attached hydrogen (secondary N) is 3. The zero-order chi connectivity index (χ0) is 36.0. The monoisotopic (exact) mass is 691 g/mol. The molecule has 0 spiro atoms. The molecule has 0 saturated carbocycles. The smallest absolute Gasteiger partial charge is 0.504 e. The average Bonchev–Trinajstić information content (AvgIpc) is 3.71. The van der Waals surface area contributed by atoms with Crippen LogP contribution in [0.2, 0.25) is 0 Å². The number of ether oxygens (including phenoxy) is 1. The van der Waals surface area contributed by atoms with Crippen LogP contribution in [0.4, 0.5) is 33.7 Å². The highest BCUT2D eigenvalue weighted by molar-refractivity contribution is 6.00. The molecule has 0 saturated heterocycles. The maximum atomic E-state index is 14.5. The number of carbonyl (C=O) groups is 2. The van der Waals surface area contributed by atoms with Crippen molar-refractivity contribution in [2.24, 2.45) is 5.41 Å². The van der Waals surface area contributed by atoms with Crippen LogP contribution in [-0.4, -0.2) is 38.9 Å². The molecule has 1 aliphatic rings. The van der Waals surface area contributed by atoms with Gasteiger partial charge in [0.2, 0.25) is 11.6 Å². The fourth-order valence-corrected chi connectivity index (χ4v) is 6.12. The predicted octanol–water partition coefficient (Wildman–Crippen LogP) is 7.62. The molecule has 11 nitrogen and oxygen atoms in total. The fraction of sp³-hybridized carbons (Fsp3) is 0.286. The number of carbonyl (C=O) groups excluding carboxylic acids is 2. The van der Waals surface area contributed by atoms with Gasteiger partial charge >= 0.3 is 12.4 Å². The zero-order valence-electron chi connectivity index (χ0n) is 27.5. The van der Waals surface area contributed by atoms with Gasteiger partial charge in [-0.25, -0.2) is 14.2 Å². The zero-order valence-corrected chi connectivity index (χ0v) is 27.5. The third-order valence-electron chi connectivity index (χ3n) is 8.84. The van der Waals surface area contributed by atoms with Crippen molar-refractivity contribution in [2.45, 2.75) is 52.3 Å². The van der Waals surface area contributed by atoms with Gasteiger partial charge in [-0.2, -0.15) is 14.5 Å². The van der Waals surface area contributed by atoms with E-state index in [9.17, 15) is 32.4 Å². The van der Waals surface area contributed by atoms with Crippen molar-refractivity contribution < 1.29 is 36.6 Å². The first-order valence-electron chi connectivity index (χ1n) is 15.7. The van der Waals surface area contributed by atoms with Gasteiger partial charge in [0, 0.05) is 45.7 Å². The number of aryl methyl sites for hydroxylation is 1. The molecule has 5 aromatic rings. The van der Waals surface area contributed by atoms with E-state index in [1.807, 2.05) is 20.8 Å². The number of anilines is 2. The summed E-state index contributed by atoms with van der Waals surface area (Å²) in [4.78, 5) is 33.6. The molecule has 2 bridgehead atoms. The van der Waals surface area contributed by atoms with Crippen molar-refractivity contribution in [3.63, 3.8) is 0 Å². The Labute approximate surface area is 283 Å². The summed E-state index contributed by atoms with van der Waals surface area (Å²) in [5, 5.41) is 22.8. The summed E-state index contributed by atoms with van der Waals surface area (Å²) < 4.78 is 59.5. The number of rotatable bonds is 4. The molecule has 3 aromatic heterocycles. The number of fused-ring (bicyclic) bond motifs is 4. The van der Waals surface area contributed by atoms with Crippen molar-refractivity contribution in [1.82, 2.24) is 19.7 Å². The van der Waals surface area contributed by atoms with Crippen LogP contribution >= 0.6 is 0 Å². The van der Waals surface area contributed by atoms with E-state index in [2.05, 4.69) is 20.7 Å². The Hall–Kier alpha value is -5.73. The standard InChI is InChI=1S/C35H33F4N7O4/c1-19-30-25-11-9-23(42-33(48)50-4)15-28(25)43-32(47)34(2,3)13-5-6-26(31(41-19)44-30)29-12-7-20(17-45(29)49)27-14-22(36)8-10-24(27)21-16-40-46(18-21)35(37,38)39/h7-12,14-18,26H,5-6,13H2,1-4H3,(H,41,44)(H,42,48)(H,43,47)/t26-/m1/s1. The van der Waals surface area contributed by atoms with Gasteiger partial charge in [0.25, 0.3) is 0 Å². The molecule has 260 valence electrons. The lowest BCUT2D eigenvalue weighted by Crippen LogP contribution is -2.34. The van der Waals surface area contributed by atoms with Gasteiger partial charge in [-0.1, -0.05) is 26.3 Å². The number of H-pyrrole nitrogens is 1. The lowest BCUT2D eigenvalue weighted by molar-refractivity contribution is -0.614. The Balaban J connectivity index is 1.42. The van der Waals surface area contributed by atoms with Crippen LogP contribution in [0.25, 0.3) is 33.5 Å². The Morgan fingerprint density at radius 1 is 1.10 bits per heavy atom. The number of methoxy groups -OCH3 is 1. The van der Waals surface area contributed by atoms with E-state index in [0.717, 1.165) is 24.5 Å². The molecule has 15 heteroatoms.